The molecule has 1 aromatic heterocycles. The van der Waals surface area contributed by atoms with Gasteiger partial charge in [0.15, 0.2) is 0 Å². The van der Waals surface area contributed by atoms with Gasteiger partial charge in [-0.3, -0.25) is 10.1 Å². The summed E-state index contributed by atoms with van der Waals surface area (Å²) in [5, 5.41) is 17.0. The van der Waals surface area contributed by atoms with Crippen LogP contribution in [0.25, 0.3) is 5.69 Å². The van der Waals surface area contributed by atoms with Gasteiger partial charge in [-0.15, -0.1) is 0 Å². The number of carbonyl (C=O) groups excluding carboxylic acids is 1. The molecular weight excluding hydrogens is 444 g/mol. The van der Waals surface area contributed by atoms with Gasteiger partial charge in [0, 0.05) is 24.3 Å². The van der Waals surface area contributed by atoms with E-state index < -0.39 is 17.5 Å². The van der Waals surface area contributed by atoms with E-state index in [2.05, 4.69) is 15.3 Å². The lowest BCUT2D eigenvalue weighted by Gasteiger charge is -2.41. The number of ether oxygens (including phenoxy) is 1. The van der Waals surface area contributed by atoms with Crippen molar-refractivity contribution in [2.75, 3.05) is 16.8 Å². The van der Waals surface area contributed by atoms with E-state index in [4.69, 9.17) is 4.74 Å². The van der Waals surface area contributed by atoms with Gasteiger partial charge < -0.3 is 14.7 Å². The van der Waals surface area contributed by atoms with Crippen LogP contribution in [0, 0.1) is 5.41 Å². The molecule has 35 heavy (non-hydrogen) atoms. The number of benzene rings is 2. The molecule has 182 valence electrons. The lowest BCUT2D eigenvalue weighted by atomic mass is 9.87. The third kappa shape index (κ3) is 4.60. The molecule has 2 unspecified atom stereocenters. The number of hydrogen-bond acceptors (Lipinski definition) is 5. The van der Waals surface area contributed by atoms with Gasteiger partial charge in [-0.1, -0.05) is 30.3 Å². The van der Waals surface area contributed by atoms with Crippen LogP contribution >= 0.6 is 0 Å². The maximum Gasteiger partial charge on any atom is 0.413 e. The number of carbonyl (C=O) groups is 2. The Balaban J connectivity index is 1.29. The molecule has 1 aliphatic heterocycles. The molecule has 8 nitrogen and oxygen atoms in total. The number of anilines is 2. The van der Waals surface area contributed by atoms with Gasteiger partial charge in [0.2, 0.25) is 0 Å². The van der Waals surface area contributed by atoms with Crippen LogP contribution < -0.4 is 10.2 Å². The van der Waals surface area contributed by atoms with E-state index in [-0.39, 0.29) is 12.1 Å². The Morgan fingerprint density at radius 2 is 1.77 bits per heavy atom. The maximum atomic E-state index is 12.5. The summed E-state index contributed by atoms with van der Waals surface area (Å²) in [4.78, 5) is 26.7. The summed E-state index contributed by atoms with van der Waals surface area (Å²) in [7, 11) is 0. The Bertz CT molecular complexity index is 1190. The zero-order valence-corrected chi connectivity index (χ0v) is 19.8. The van der Waals surface area contributed by atoms with Crippen molar-refractivity contribution in [2.24, 2.45) is 5.41 Å². The van der Waals surface area contributed by atoms with Crippen LogP contribution in [0.1, 0.15) is 50.7 Å². The molecule has 2 N–H and O–H groups in total. The van der Waals surface area contributed by atoms with Crippen LogP contribution in [0.5, 0.6) is 0 Å². The Morgan fingerprint density at radius 3 is 2.46 bits per heavy atom. The molecule has 1 amide bonds. The lowest BCUT2D eigenvalue weighted by Crippen LogP contribution is -2.48. The third-order valence-corrected chi connectivity index (χ3v) is 7.21. The predicted molar refractivity (Wildman–Crippen MR) is 133 cm³/mol. The molecule has 5 rings (SSSR count). The third-order valence-electron chi connectivity index (χ3n) is 7.21. The van der Waals surface area contributed by atoms with Crippen LogP contribution in [0.4, 0.5) is 16.3 Å². The maximum absolute atomic E-state index is 12.5. The molecule has 2 aliphatic rings. The largest absolute Gasteiger partial charge is 0.481 e. The highest BCUT2D eigenvalue weighted by Gasteiger charge is 2.58. The number of aliphatic carboxylic acids is 1. The Morgan fingerprint density at radius 1 is 1.06 bits per heavy atom. The van der Waals surface area contributed by atoms with Gasteiger partial charge in [-0.25, -0.2) is 9.48 Å². The van der Waals surface area contributed by atoms with E-state index in [9.17, 15) is 14.7 Å². The van der Waals surface area contributed by atoms with Crippen molar-refractivity contribution >= 4 is 23.6 Å². The minimum atomic E-state index is -0.674. The molecule has 0 spiro atoms. The highest BCUT2D eigenvalue weighted by atomic mass is 16.6. The second-order valence-electron chi connectivity index (χ2n) is 9.39. The summed E-state index contributed by atoms with van der Waals surface area (Å²) in [5.41, 5.74) is 2.12. The average molecular weight is 475 g/mol. The topological polar surface area (TPSA) is 96.7 Å². The van der Waals surface area contributed by atoms with Crippen molar-refractivity contribution in [2.45, 2.75) is 51.2 Å². The Labute approximate surface area is 204 Å². The van der Waals surface area contributed by atoms with Gasteiger partial charge in [-0.2, -0.15) is 5.10 Å². The fourth-order valence-corrected chi connectivity index (χ4v) is 5.12. The van der Waals surface area contributed by atoms with Crippen LogP contribution in [-0.4, -0.2) is 39.5 Å². The minimum Gasteiger partial charge on any atom is -0.481 e. The first-order valence-corrected chi connectivity index (χ1v) is 12.1. The first-order valence-electron chi connectivity index (χ1n) is 12.1. The number of aromatic nitrogens is 2. The standard InChI is InChI=1S/C27H30N4O4/c1-19(20-7-3-2-4-8-20)35-26(34)29-24-14-17-28-31(24)22-12-10-21(11-13-22)30-18-6-5-9-23(30)27(15-16-27)25(32)33/h2-4,7-8,10-14,17,19,23H,5-6,9,15-16,18H2,1H3,(H,29,34)(H,32,33). The summed E-state index contributed by atoms with van der Waals surface area (Å²) >= 11 is 0. The van der Waals surface area contributed by atoms with Crippen LogP contribution in [-0.2, 0) is 9.53 Å². The monoisotopic (exact) mass is 474 g/mol. The zero-order valence-electron chi connectivity index (χ0n) is 19.8. The number of carboxylic acid groups (broad SMARTS) is 1. The number of amides is 1. The molecule has 2 fully saturated rings. The molecule has 2 atom stereocenters. The molecule has 1 saturated heterocycles. The van der Waals surface area contributed by atoms with E-state index in [1.54, 1.807) is 16.9 Å². The summed E-state index contributed by atoms with van der Waals surface area (Å²) in [5.74, 6) is -0.173. The van der Waals surface area contributed by atoms with E-state index in [0.717, 1.165) is 55.6 Å². The molecular formula is C27H30N4O4. The SMILES string of the molecule is CC(OC(=O)Nc1ccnn1-c1ccc(N2CCCCC2C2(C(=O)O)CC2)cc1)c1ccccc1. The highest BCUT2D eigenvalue weighted by Crippen LogP contribution is 2.53. The van der Waals surface area contributed by atoms with E-state index in [0.29, 0.717) is 5.82 Å². The predicted octanol–water partition coefficient (Wildman–Crippen LogP) is 5.41. The van der Waals surface area contributed by atoms with Gasteiger partial charge in [0.25, 0.3) is 0 Å². The first-order chi connectivity index (χ1) is 17.0. The number of nitrogens with one attached hydrogen (secondary N) is 1. The smallest absolute Gasteiger partial charge is 0.413 e. The van der Waals surface area contributed by atoms with Gasteiger partial charge in [0.05, 0.1) is 17.3 Å². The lowest BCUT2D eigenvalue weighted by molar-refractivity contribution is -0.144. The fourth-order valence-electron chi connectivity index (χ4n) is 5.12. The summed E-state index contributed by atoms with van der Waals surface area (Å²) in [6.07, 6.45) is 5.22. The molecule has 0 radical (unpaired) electrons. The summed E-state index contributed by atoms with van der Waals surface area (Å²) in [6, 6.07) is 19.2. The van der Waals surface area contributed by atoms with Gasteiger partial charge in [0.1, 0.15) is 11.9 Å². The minimum absolute atomic E-state index is 0.0305. The molecule has 2 heterocycles. The van der Waals surface area contributed by atoms with Crippen molar-refractivity contribution in [3.63, 3.8) is 0 Å². The number of carboxylic acids is 1. The normalized spacial score (nSPS) is 19.6. The first kappa shape index (κ1) is 23.0. The second kappa shape index (κ2) is 9.44. The number of rotatable bonds is 7. The van der Waals surface area contributed by atoms with Crippen LogP contribution in [0.15, 0.2) is 66.9 Å². The van der Waals surface area contributed by atoms with Gasteiger partial charge >= 0.3 is 12.1 Å². The van der Waals surface area contributed by atoms with E-state index >= 15 is 0 Å². The fraction of sp³-hybridized carbons (Fsp3) is 0.370. The van der Waals surface area contributed by atoms with Crippen molar-refractivity contribution in [1.29, 1.82) is 0 Å². The average Bonchev–Trinajstić information content (AvgIpc) is 3.58. The Hall–Kier alpha value is -3.81. The summed E-state index contributed by atoms with van der Waals surface area (Å²) < 4.78 is 7.17. The molecule has 8 heteroatoms. The molecule has 0 bridgehead atoms. The van der Waals surface area contributed by atoms with Crippen LogP contribution in [0.2, 0.25) is 0 Å². The number of piperidine rings is 1. The van der Waals surface area contributed by atoms with E-state index in [1.165, 1.54) is 0 Å². The number of hydrogen-bond donors (Lipinski definition) is 2. The molecule has 1 aliphatic carbocycles. The van der Waals surface area contributed by atoms with Gasteiger partial charge in [-0.05, 0) is 68.9 Å². The highest BCUT2D eigenvalue weighted by molar-refractivity contribution is 5.84. The van der Waals surface area contributed by atoms with Crippen molar-refractivity contribution in [1.82, 2.24) is 9.78 Å². The molecule has 3 aromatic rings. The van der Waals surface area contributed by atoms with Crippen molar-refractivity contribution in [3.05, 3.63) is 72.4 Å². The zero-order chi connectivity index (χ0) is 24.4. The number of nitrogens with zero attached hydrogens (tertiary/aromatic N) is 3. The van der Waals surface area contributed by atoms with E-state index in [1.807, 2.05) is 61.5 Å². The summed E-state index contributed by atoms with van der Waals surface area (Å²) in [6.45, 7) is 2.69. The molecule has 2 aromatic carbocycles. The quantitative estimate of drug-likeness (QED) is 0.476. The Kier molecular flexibility index (Phi) is 6.19. The van der Waals surface area contributed by atoms with Crippen LogP contribution in [0.3, 0.4) is 0 Å². The second-order valence-corrected chi connectivity index (χ2v) is 9.39. The van der Waals surface area contributed by atoms with Crippen molar-refractivity contribution in [3.8, 4) is 5.69 Å². The molecule has 1 saturated carbocycles. The van der Waals surface area contributed by atoms with Crippen molar-refractivity contribution < 1.29 is 19.4 Å².